The molecule has 1 nitrogen and oxygen atoms in total. The topological polar surface area (TPSA) is 12.0 Å². The van der Waals surface area contributed by atoms with Gasteiger partial charge in [0.15, 0.2) is 0 Å². The van der Waals surface area contributed by atoms with Gasteiger partial charge in [0.1, 0.15) is 0 Å². The molecule has 1 aromatic heterocycles. The molecule has 1 N–H and O–H groups in total. The third-order valence-corrected chi connectivity index (χ3v) is 4.99. The molecule has 0 bridgehead atoms. The monoisotopic (exact) mass is 251 g/mol. The van der Waals surface area contributed by atoms with E-state index in [4.69, 9.17) is 0 Å². The fourth-order valence-corrected chi connectivity index (χ4v) is 3.69. The molecule has 0 saturated heterocycles. The zero-order chi connectivity index (χ0) is 12.1. The fourth-order valence-electron chi connectivity index (χ4n) is 2.77. The fraction of sp³-hybridized carbons (Fsp3) is 0.733. The average Bonchev–Trinajstić information content (AvgIpc) is 2.69. The van der Waals surface area contributed by atoms with Crippen LogP contribution in [0, 0.1) is 5.92 Å². The van der Waals surface area contributed by atoms with Crippen molar-refractivity contribution in [3.8, 4) is 0 Å². The Labute approximate surface area is 110 Å². The maximum absolute atomic E-state index is 3.77. The summed E-state index contributed by atoms with van der Waals surface area (Å²) in [6, 6.07) is 3.03. The first-order valence-electron chi connectivity index (χ1n) is 7.08. The molecule has 1 aliphatic rings. The van der Waals surface area contributed by atoms with Crippen LogP contribution >= 0.6 is 11.3 Å². The lowest BCUT2D eigenvalue weighted by molar-refractivity contribution is 0.448. The van der Waals surface area contributed by atoms with Gasteiger partial charge in [-0.3, -0.25) is 0 Å². The molecule has 2 unspecified atom stereocenters. The molecule has 0 aromatic carbocycles. The van der Waals surface area contributed by atoms with E-state index in [0.717, 1.165) is 18.5 Å². The van der Waals surface area contributed by atoms with Crippen LogP contribution in [0.5, 0.6) is 0 Å². The zero-order valence-electron chi connectivity index (χ0n) is 11.2. The third kappa shape index (κ3) is 3.82. The van der Waals surface area contributed by atoms with Gasteiger partial charge in [-0.2, -0.15) is 0 Å². The Bertz CT molecular complexity index is 331. The molecule has 0 amide bonds. The Kier molecular flexibility index (Phi) is 5.05. The van der Waals surface area contributed by atoms with Crippen molar-refractivity contribution in [2.75, 3.05) is 0 Å². The second-order valence-electron chi connectivity index (χ2n) is 5.41. The van der Waals surface area contributed by atoms with E-state index < -0.39 is 0 Å². The lowest BCUT2D eigenvalue weighted by atomic mass is 10.0. The number of hydrogen-bond acceptors (Lipinski definition) is 2. The highest BCUT2D eigenvalue weighted by Crippen LogP contribution is 2.23. The molecule has 1 saturated carbocycles. The smallest absolute Gasteiger partial charge is 0.0305 e. The van der Waals surface area contributed by atoms with Crippen LogP contribution in [0.15, 0.2) is 11.4 Å². The van der Waals surface area contributed by atoms with Crippen molar-refractivity contribution in [3.05, 3.63) is 21.9 Å². The van der Waals surface area contributed by atoms with Crippen LogP contribution in [-0.4, -0.2) is 6.04 Å². The van der Waals surface area contributed by atoms with Gasteiger partial charge in [0.2, 0.25) is 0 Å². The number of hydrogen-bond donors (Lipinski definition) is 1. The summed E-state index contributed by atoms with van der Waals surface area (Å²) in [6.07, 6.45) is 8.15. The van der Waals surface area contributed by atoms with Crippen LogP contribution in [0.2, 0.25) is 0 Å². The van der Waals surface area contributed by atoms with Gasteiger partial charge in [0, 0.05) is 17.5 Å². The highest BCUT2D eigenvalue weighted by Gasteiger charge is 2.16. The second kappa shape index (κ2) is 6.55. The van der Waals surface area contributed by atoms with Gasteiger partial charge in [-0.1, -0.05) is 26.7 Å². The van der Waals surface area contributed by atoms with Gasteiger partial charge in [-0.25, -0.2) is 0 Å². The maximum atomic E-state index is 3.77. The number of nitrogens with one attached hydrogen (secondary N) is 1. The summed E-state index contributed by atoms with van der Waals surface area (Å²) < 4.78 is 0. The lowest BCUT2D eigenvalue weighted by Crippen LogP contribution is -2.27. The molecular formula is C15H25NS. The van der Waals surface area contributed by atoms with Gasteiger partial charge in [0.25, 0.3) is 0 Å². The van der Waals surface area contributed by atoms with E-state index in [0.29, 0.717) is 0 Å². The molecule has 1 aliphatic carbocycles. The van der Waals surface area contributed by atoms with Crippen molar-refractivity contribution in [2.24, 2.45) is 5.92 Å². The highest BCUT2D eigenvalue weighted by atomic mass is 32.1. The molecule has 0 aliphatic heterocycles. The van der Waals surface area contributed by atoms with Crippen LogP contribution in [0.3, 0.4) is 0 Å². The summed E-state index contributed by atoms with van der Waals surface area (Å²) in [5, 5.41) is 6.00. The van der Waals surface area contributed by atoms with Crippen LogP contribution in [0.1, 0.15) is 56.4 Å². The van der Waals surface area contributed by atoms with Gasteiger partial charge in [-0.15, -0.1) is 11.3 Å². The molecule has 1 heterocycles. The van der Waals surface area contributed by atoms with Crippen molar-refractivity contribution in [1.82, 2.24) is 5.32 Å². The Morgan fingerprint density at radius 3 is 3.00 bits per heavy atom. The lowest BCUT2D eigenvalue weighted by Gasteiger charge is -2.16. The summed E-state index contributed by atoms with van der Waals surface area (Å²) in [6.45, 7) is 5.73. The molecule has 2 atom stereocenters. The first-order valence-corrected chi connectivity index (χ1v) is 7.96. The summed E-state index contributed by atoms with van der Waals surface area (Å²) in [5.41, 5.74) is 1.53. The Morgan fingerprint density at radius 2 is 2.18 bits per heavy atom. The molecule has 1 fully saturated rings. The van der Waals surface area contributed by atoms with Crippen molar-refractivity contribution >= 4 is 11.3 Å². The summed E-state index contributed by atoms with van der Waals surface area (Å²) in [5.74, 6) is 0.940. The summed E-state index contributed by atoms with van der Waals surface area (Å²) in [4.78, 5) is 1.55. The van der Waals surface area contributed by atoms with Crippen LogP contribution in [0.4, 0.5) is 0 Å². The van der Waals surface area contributed by atoms with E-state index in [-0.39, 0.29) is 0 Å². The van der Waals surface area contributed by atoms with E-state index in [1.54, 1.807) is 4.88 Å². The molecule has 2 rings (SSSR count). The van der Waals surface area contributed by atoms with Crippen LogP contribution in [-0.2, 0) is 13.0 Å². The van der Waals surface area contributed by atoms with Crippen molar-refractivity contribution in [1.29, 1.82) is 0 Å². The first kappa shape index (κ1) is 13.1. The average molecular weight is 251 g/mol. The molecule has 17 heavy (non-hydrogen) atoms. The first-order chi connectivity index (χ1) is 8.29. The van der Waals surface area contributed by atoms with Crippen molar-refractivity contribution in [3.63, 3.8) is 0 Å². The zero-order valence-corrected chi connectivity index (χ0v) is 12.0. The predicted molar refractivity (Wildman–Crippen MR) is 76.6 cm³/mol. The van der Waals surface area contributed by atoms with Gasteiger partial charge in [0.05, 0.1) is 0 Å². The van der Waals surface area contributed by atoms with Crippen molar-refractivity contribution < 1.29 is 0 Å². The predicted octanol–water partition coefficient (Wildman–Crippen LogP) is 4.37. The summed E-state index contributed by atoms with van der Waals surface area (Å²) in [7, 11) is 0. The molecule has 1 aromatic rings. The maximum Gasteiger partial charge on any atom is 0.0305 e. The number of rotatable bonds is 4. The van der Waals surface area contributed by atoms with Gasteiger partial charge in [-0.05, 0) is 48.6 Å². The minimum atomic E-state index is 0.756. The van der Waals surface area contributed by atoms with Gasteiger partial charge >= 0.3 is 0 Å². The van der Waals surface area contributed by atoms with Crippen LogP contribution in [0.25, 0.3) is 0 Å². The standard InChI is InChI=1S/C15H25NS/c1-3-13-9-10-17-15(13)11-16-14-6-4-5-12(2)7-8-14/h9-10,12,14,16H,3-8,11H2,1-2H3. The Balaban J connectivity index is 1.81. The third-order valence-electron chi connectivity index (χ3n) is 4.03. The molecular weight excluding hydrogens is 226 g/mol. The van der Waals surface area contributed by atoms with E-state index in [1.165, 1.54) is 44.1 Å². The Morgan fingerprint density at radius 1 is 1.29 bits per heavy atom. The summed E-state index contributed by atoms with van der Waals surface area (Å²) >= 11 is 1.91. The minimum absolute atomic E-state index is 0.756. The van der Waals surface area contributed by atoms with Gasteiger partial charge < -0.3 is 5.32 Å². The number of thiophene rings is 1. The quantitative estimate of drug-likeness (QED) is 0.784. The molecule has 0 radical (unpaired) electrons. The number of aryl methyl sites for hydroxylation is 1. The SMILES string of the molecule is CCc1ccsc1CNC1CCCC(C)CC1. The largest absolute Gasteiger partial charge is 0.309 e. The minimum Gasteiger partial charge on any atom is -0.309 e. The highest BCUT2D eigenvalue weighted by molar-refractivity contribution is 7.10. The second-order valence-corrected chi connectivity index (χ2v) is 6.41. The van der Waals surface area contributed by atoms with E-state index in [1.807, 2.05) is 11.3 Å². The normalized spacial score (nSPS) is 25.8. The van der Waals surface area contributed by atoms with E-state index in [9.17, 15) is 0 Å². The van der Waals surface area contributed by atoms with Crippen molar-refractivity contribution in [2.45, 2.75) is 65.0 Å². The Hall–Kier alpha value is -0.340. The molecule has 96 valence electrons. The molecule has 2 heteroatoms. The molecule has 0 spiro atoms. The van der Waals surface area contributed by atoms with Crippen LogP contribution < -0.4 is 5.32 Å². The van der Waals surface area contributed by atoms with E-state index in [2.05, 4.69) is 30.6 Å². The van der Waals surface area contributed by atoms with E-state index >= 15 is 0 Å².